The van der Waals surface area contributed by atoms with Crippen molar-refractivity contribution in [1.29, 1.82) is 5.26 Å². The zero-order chi connectivity index (χ0) is 17.2. The van der Waals surface area contributed by atoms with Gasteiger partial charge in [0.15, 0.2) is 0 Å². The predicted octanol–water partition coefficient (Wildman–Crippen LogP) is 4.72. The highest BCUT2D eigenvalue weighted by molar-refractivity contribution is 5.59. The van der Waals surface area contributed by atoms with Crippen molar-refractivity contribution in [2.75, 3.05) is 5.32 Å². The lowest BCUT2D eigenvalue weighted by Crippen LogP contribution is -2.10. The summed E-state index contributed by atoms with van der Waals surface area (Å²) in [4.78, 5) is 4.27. The van der Waals surface area contributed by atoms with E-state index in [1.807, 2.05) is 24.3 Å². The third-order valence-corrected chi connectivity index (χ3v) is 3.73. The second-order valence-electron chi connectivity index (χ2n) is 6.57. The predicted molar refractivity (Wildman–Crippen MR) is 91.4 cm³/mol. The van der Waals surface area contributed by atoms with Crippen molar-refractivity contribution >= 4 is 5.88 Å². The third kappa shape index (κ3) is 3.33. The Balaban J connectivity index is 1.83. The molecule has 5 nitrogen and oxygen atoms in total. The van der Waals surface area contributed by atoms with Crippen LogP contribution < -0.4 is 5.32 Å². The summed E-state index contributed by atoms with van der Waals surface area (Å²) in [5, 5.41) is 12.3. The van der Waals surface area contributed by atoms with Crippen molar-refractivity contribution in [3.8, 4) is 17.5 Å². The second kappa shape index (κ2) is 6.25. The van der Waals surface area contributed by atoms with E-state index < -0.39 is 0 Å². The summed E-state index contributed by atoms with van der Waals surface area (Å²) in [5.74, 6) is 1.53. The molecule has 5 heteroatoms. The molecule has 0 aliphatic carbocycles. The highest BCUT2D eigenvalue weighted by atomic mass is 16.4. The first-order valence-corrected chi connectivity index (χ1v) is 7.75. The van der Waals surface area contributed by atoms with Gasteiger partial charge in [0.25, 0.3) is 0 Å². The number of furan rings is 1. The molecule has 0 atom stereocenters. The van der Waals surface area contributed by atoms with E-state index in [1.165, 1.54) is 5.56 Å². The third-order valence-electron chi connectivity index (χ3n) is 3.73. The van der Waals surface area contributed by atoms with Crippen LogP contribution in [-0.4, -0.2) is 4.98 Å². The fourth-order valence-electron chi connectivity index (χ4n) is 2.33. The molecule has 122 valence electrons. The topological polar surface area (TPSA) is 75.0 Å². The molecule has 0 aliphatic heterocycles. The molecule has 3 aromatic rings. The van der Waals surface area contributed by atoms with Gasteiger partial charge in [0, 0.05) is 5.56 Å². The quantitative estimate of drug-likeness (QED) is 0.752. The number of nitrogens with zero attached hydrogens (tertiary/aromatic N) is 2. The lowest BCUT2D eigenvalue weighted by molar-refractivity contribution is 0.512. The smallest absolute Gasteiger partial charge is 0.232 e. The Bertz CT molecular complexity index is 848. The van der Waals surface area contributed by atoms with Gasteiger partial charge in [-0.1, -0.05) is 32.9 Å². The lowest BCUT2D eigenvalue weighted by Gasteiger charge is -2.18. The first-order valence-electron chi connectivity index (χ1n) is 7.75. The molecule has 0 spiro atoms. The van der Waals surface area contributed by atoms with Gasteiger partial charge in [0.05, 0.1) is 12.8 Å². The molecular formula is C19H19N3O2. The van der Waals surface area contributed by atoms with E-state index in [0.717, 1.165) is 11.3 Å². The highest BCUT2D eigenvalue weighted by Crippen LogP contribution is 2.28. The van der Waals surface area contributed by atoms with E-state index in [9.17, 15) is 5.26 Å². The Morgan fingerprint density at radius 1 is 1.17 bits per heavy atom. The molecule has 0 radical (unpaired) electrons. The van der Waals surface area contributed by atoms with Crippen LogP contribution in [0.4, 0.5) is 5.88 Å². The number of anilines is 1. The number of aromatic nitrogens is 1. The van der Waals surface area contributed by atoms with Crippen LogP contribution >= 0.6 is 0 Å². The van der Waals surface area contributed by atoms with E-state index in [-0.39, 0.29) is 11.1 Å². The normalized spacial score (nSPS) is 11.2. The highest BCUT2D eigenvalue weighted by Gasteiger charge is 2.17. The van der Waals surface area contributed by atoms with Gasteiger partial charge < -0.3 is 14.2 Å². The van der Waals surface area contributed by atoms with Crippen molar-refractivity contribution < 1.29 is 8.83 Å². The maximum atomic E-state index is 9.25. The first-order chi connectivity index (χ1) is 11.5. The number of rotatable bonds is 4. The lowest BCUT2D eigenvalue weighted by atomic mass is 9.87. The van der Waals surface area contributed by atoms with Crippen LogP contribution in [0.15, 0.2) is 51.5 Å². The van der Waals surface area contributed by atoms with E-state index in [2.05, 4.69) is 49.3 Å². The molecule has 2 heterocycles. The van der Waals surface area contributed by atoms with Crippen LogP contribution in [0.5, 0.6) is 0 Å². The van der Waals surface area contributed by atoms with E-state index in [0.29, 0.717) is 18.3 Å². The van der Waals surface area contributed by atoms with E-state index in [4.69, 9.17) is 8.83 Å². The fourth-order valence-corrected chi connectivity index (χ4v) is 2.33. The maximum absolute atomic E-state index is 9.25. The van der Waals surface area contributed by atoms with Crippen LogP contribution in [0.2, 0.25) is 0 Å². The molecule has 0 fully saturated rings. The maximum Gasteiger partial charge on any atom is 0.232 e. The van der Waals surface area contributed by atoms with Gasteiger partial charge in [-0.05, 0) is 35.2 Å². The summed E-state index contributed by atoms with van der Waals surface area (Å²) in [5.41, 5.74) is 2.39. The number of hydrogen-bond donors (Lipinski definition) is 1. The van der Waals surface area contributed by atoms with Crippen LogP contribution in [-0.2, 0) is 12.0 Å². The van der Waals surface area contributed by atoms with Crippen LogP contribution in [0.25, 0.3) is 11.5 Å². The molecule has 0 saturated carbocycles. The Labute approximate surface area is 140 Å². The van der Waals surface area contributed by atoms with Crippen molar-refractivity contribution in [3.63, 3.8) is 0 Å². The zero-order valence-electron chi connectivity index (χ0n) is 14.0. The average Bonchev–Trinajstić information content (AvgIpc) is 3.21. The molecule has 1 aromatic carbocycles. The summed E-state index contributed by atoms with van der Waals surface area (Å²) >= 11 is 0. The van der Waals surface area contributed by atoms with Crippen molar-refractivity contribution in [1.82, 2.24) is 4.98 Å². The van der Waals surface area contributed by atoms with Crippen molar-refractivity contribution in [2.45, 2.75) is 32.7 Å². The van der Waals surface area contributed by atoms with Crippen molar-refractivity contribution in [2.24, 2.45) is 0 Å². The Hall–Kier alpha value is -3.00. The van der Waals surface area contributed by atoms with Gasteiger partial charge in [-0.25, -0.2) is 0 Å². The van der Waals surface area contributed by atoms with Gasteiger partial charge in [-0.15, -0.1) is 0 Å². The fraction of sp³-hybridized carbons (Fsp3) is 0.263. The second-order valence-corrected chi connectivity index (χ2v) is 6.57. The Kier molecular flexibility index (Phi) is 4.13. The molecule has 3 rings (SSSR count). The van der Waals surface area contributed by atoms with Crippen LogP contribution in [0.1, 0.15) is 37.8 Å². The Morgan fingerprint density at radius 3 is 2.50 bits per heavy atom. The number of hydrogen-bond acceptors (Lipinski definition) is 5. The summed E-state index contributed by atoms with van der Waals surface area (Å²) in [7, 11) is 0. The summed E-state index contributed by atoms with van der Waals surface area (Å²) < 4.78 is 11.0. The van der Waals surface area contributed by atoms with Gasteiger partial charge in [0.1, 0.15) is 11.8 Å². The van der Waals surface area contributed by atoms with Gasteiger partial charge in [-0.3, -0.25) is 0 Å². The molecule has 0 aliphatic rings. The van der Waals surface area contributed by atoms with Gasteiger partial charge in [0.2, 0.25) is 17.5 Å². The average molecular weight is 321 g/mol. The number of oxazole rings is 1. The molecular weight excluding hydrogens is 302 g/mol. The minimum atomic E-state index is 0.0860. The first kappa shape index (κ1) is 15.9. The zero-order valence-corrected chi connectivity index (χ0v) is 14.0. The van der Waals surface area contributed by atoms with Gasteiger partial charge in [-0.2, -0.15) is 10.2 Å². The molecule has 1 N–H and O–H groups in total. The van der Waals surface area contributed by atoms with Gasteiger partial charge >= 0.3 is 0 Å². The summed E-state index contributed by atoms with van der Waals surface area (Å²) in [6.07, 6.45) is 1.60. The van der Waals surface area contributed by atoms with Crippen LogP contribution in [0.3, 0.4) is 0 Å². The summed E-state index contributed by atoms with van der Waals surface area (Å²) in [6, 6.07) is 13.8. The minimum absolute atomic E-state index is 0.0860. The van der Waals surface area contributed by atoms with E-state index in [1.54, 1.807) is 6.26 Å². The largest absolute Gasteiger partial charge is 0.467 e. The standard InChI is InChI=1S/C19H19N3O2/c1-19(2,3)14-8-6-13(7-9-14)17-22-16(11-20)18(24-17)21-12-15-5-4-10-23-15/h4-10,21H,12H2,1-3H3. The molecule has 0 saturated heterocycles. The Morgan fingerprint density at radius 2 is 1.92 bits per heavy atom. The van der Waals surface area contributed by atoms with Crippen LogP contribution in [0, 0.1) is 11.3 Å². The number of nitriles is 1. The molecule has 0 amide bonds. The molecule has 0 bridgehead atoms. The van der Waals surface area contributed by atoms with Crippen molar-refractivity contribution in [3.05, 3.63) is 59.7 Å². The number of benzene rings is 1. The molecule has 2 aromatic heterocycles. The summed E-state index contributed by atoms with van der Waals surface area (Å²) in [6.45, 7) is 6.92. The molecule has 24 heavy (non-hydrogen) atoms. The number of nitrogens with one attached hydrogen (secondary N) is 1. The minimum Gasteiger partial charge on any atom is -0.467 e. The SMILES string of the molecule is CC(C)(C)c1ccc(-c2nc(C#N)c(NCc3ccco3)o2)cc1. The monoisotopic (exact) mass is 321 g/mol. The van der Waals surface area contributed by atoms with E-state index >= 15 is 0 Å². The molecule has 0 unspecified atom stereocenters.